The second kappa shape index (κ2) is 5.99. The van der Waals surface area contributed by atoms with Crippen molar-refractivity contribution >= 4 is 5.91 Å². The molecule has 7 nitrogen and oxygen atoms in total. The second-order valence-electron chi connectivity index (χ2n) is 3.12. The fraction of sp³-hybridized carbons (Fsp3) is 0.444. The van der Waals surface area contributed by atoms with Crippen molar-refractivity contribution in [3.05, 3.63) is 28.4 Å². The number of hydrogen-bond donors (Lipinski definition) is 3. The monoisotopic (exact) mass is 227 g/mol. The topological polar surface area (TPSA) is 104 Å². The summed E-state index contributed by atoms with van der Waals surface area (Å²) in [7, 11) is 1.45. The zero-order valence-electron chi connectivity index (χ0n) is 8.77. The summed E-state index contributed by atoms with van der Waals surface area (Å²) in [6.45, 7) is 0.201. The molecule has 0 fully saturated rings. The Morgan fingerprint density at radius 3 is 3.06 bits per heavy atom. The number of aliphatic hydroxyl groups excluding tert-OH is 1. The van der Waals surface area contributed by atoms with Crippen LogP contribution in [0.4, 0.5) is 0 Å². The summed E-state index contributed by atoms with van der Waals surface area (Å²) < 4.78 is 4.69. The van der Waals surface area contributed by atoms with Crippen LogP contribution < -0.4 is 10.9 Å². The second-order valence-corrected chi connectivity index (χ2v) is 3.12. The molecule has 0 aliphatic carbocycles. The quantitative estimate of drug-likeness (QED) is 0.568. The number of carbonyl (C=O) groups is 1. The van der Waals surface area contributed by atoms with E-state index in [4.69, 9.17) is 4.74 Å². The van der Waals surface area contributed by atoms with Crippen molar-refractivity contribution in [2.24, 2.45) is 0 Å². The lowest BCUT2D eigenvalue weighted by molar-refractivity contribution is 0.0608. The van der Waals surface area contributed by atoms with Crippen LogP contribution in [-0.4, -0.2) is 47.3 Å². The Bertz CT molecular complexity index is 383. The maximum atomic E-state index is 11.4. The third-order valence-electron chi connectivity index (χ3n) is 1.76. The van der Waals surface area contributed by atoms with Gasteiger partial charge in [0, 0.05) is 19.9 Å². The van der Waals surface area contributed by atoms with E-state index in [9.17, 15) is 14.7 Å². The molecule has 0 aromatic carbocycles. The molecule has 0 bridgehead atoms. The number of H-pyrrole nitrogens is 1. The minimum atomic E-state index is -0.767. The SMILES string of the molecule is COCC(O)CNC(=O)c1c[nH]c(=O)cn1. The molecule has 1 heterocycles. The molecule has 0 radical (unpaired) electrons. The summed E-state index contributed by atoms with van der Waals surface area (Å²) in [5.41, 5.74) is -0.291. The Labute approximate surface area is 91.5 Å². The molecule has 0 saturated heterocycles. The smallest absolute Gasteiger partial charge is 0.271 e. The standard InChI is InChI=1S/C9H13N3O4/c1-16-5-6(13)2-12-9(15)7-3-11-8(14)4-10-7/h3-4,6,13H,2,5H2,1H3,(H,11,14)(H,12,15). The van der Waals surface area contributed by atoms with Crippen molar-refractivity contribution in [3.63, 3.8) is 0 Å². The number of carbonyl (C=O) groups excluding carboxylic acids is 1. The van der Waals surface area contributed by atoms with E-state index >= 15 is 0 Å². The first-order valence-corrected chi connectivity index (χ1v) is 4.63. The highest BCUT2D eigenvalue weighted by Gasteiger charge is 2.09. The van der Waals surface area contributed by atoms with Gasteiger partial charge in [-0.3, -0.25) is 9.59 Å². The van der Waals surface area contributed by atoms with Crippen molar-refractivity contribution in [3.8, 4) is 0 Å². The van der Waals surface area contributed by atoms with Crippen LogP contribution in [0.5, 0.6) is 0 Å². The molecule has 1 rings (SSSR count). The third-order valence-corrected chi connectivity index (χ3v) is 1.76. The Morgan fingerprint density at radius 2 is 2.50 bits per heavy atom. The first kappa shape index (κ1) is 12.3. The van der Waals surface area contributed by atoms with Crippen LogP contribution in [0.3, 0.4) is 0 Å². The Hall–Kier alpha value is -1.73. The van der Waals surface area contributed by atoms with E-state index in [1.54, 1.807) is 0 Å². The number of aromatic amines is 1. The molecule has 1 aromatic heterocycles. The van der Waals surface area contributed by atoms with Gasteiger partial charge in [-0.15, -0.1) is 0 Å². The molecule has 1 amide bonds. The lowest BCUT2D eigenvalue weighted by atomic mass is 10.3. The van der Waals surface area contributed by atoms with Crippen LogP contribution in [-0.2, 0) is 4.74 Å². The van der Waals surface area contributed by atoms with Crippen LogP contribution >= 0.6 is 0 Å². The van der Waals surface area contributed by atoms with E-state index in [2.05, 4.69) is 15.3 Å². The van der Waals surface area contributed by atoms with E-state index in [1.165, 1.54) is 13.3 Å². The van der Waals surface area contributed by atoms with E-state index in [0.29, 0.717) is 0 Å². The van der Waals surface area contributed by atoms with Crippen molar-refractivity contribution in [1.29, 1.82) is 0 Å². The molecule has 88 valence electrons. The maximum absolute atomic E-state index is 11.4. The predicted molar refractivity (Wildman–Crippen MR) is 55.1 cm³/mol. The van der Waals surface area contributed by atoms with E-state index in [1.807, 2.05) is 0 Å². The largest absolute Gasteiger partial charge is 0.389 e. The molecule has 7 heteroatoms. The summed E-state index contributed by atoms with van der Waals surface area (Å²) in [4.78, 5) is 28.1. The average molecular weight is 227 g/mol. The van der Waals surface area contributed by atoms with E-state index in [-0.39, 0.29) is 24.4 Å². The van der Waals surface area contributed by atoms with Crippen LogP contribution in [0.25, 0.3) is 0 Å². The lowest BCUT2D eigenvalue weighted by Gasteiger charge is -2.09. The highest BCUT2D eigenvalue weighted by Crippen LogP contribution is 1.88. The molecule has 3 N–H and O–H groups in total. The van der Waals surface area contributed by atoms with Gasteiger partial charge in [-0.1, -0.05) is 0 Å². The molecule has 16 heavy (non-hydrogen) atoms. The Kier molecular flexibility index (Phi) is 4.62. The number of rotatable bonds is 5. The van der Waals surface area contributed by atoms with E-state index < -0.39 is 12.0 Å². The van der Waals surface area contributed by atoms with Gasteiger partial charge in [0.2, 0.25) is 0 Å². The van der Waals surface area contributed by atoms with Crippen molar-refractivity contribution < 1.29 is 14.6 Å². The zero-order valence-corrected chi connectivity index (χ0v) is 8.77. The number of amides is 1. The lowest BCUT2D eigenvalue weighted by Crippen LogP contribution is -2.35. The van der Waals surface area contributed by atoms with Gasteiger partial charge in [0.15, 0.2) is 0 Å². The number of nitrogens with zero attached hydrogens (tertiary/aromatic N) is 1. The van der Waals surface area contributed by atoms with Gasteiger partial charge in [0.25, 0.3) is 11.5 Å². The van der Waals surface area contributed by atoms with Gasteiger partial charge < -0.3 is 20.1 Å². The average Bonchev–Trinajstić information content (AvgIpc) is 2.27. The van der Waals surface area contributed by atoms with Gasteiger partial charge in [-0.2, -0.15) is 0 Å². The van der Waals surface area contributed by atoms with Crippen LogP contribution in [0.15, 0.2) is 17.2 Å². The molecular formula is C9H13N3O4. The number of aromatic nitrogens is 2. The molecule has 0 saturated carbocycles. The highest BCUT2D eigenvalue weighted by atomic mass is 16.5. The summed E-state index contributed by atoms with van der Waals surface area (Å²) in [5, 5.41) is 11.7. The number of hydrogen-bond acceptors (Lipinski definition) is 5. The van der Waals surface area contributed by atoms with Crippen LogP contribution in [0.1, 0.15) is 10.5 Å². The van der Waals surface area contributed by atoms with Gasteiger partial charge >= 0.3 is 0 Å². The normalized spacial score (nSPS) is 12.1. The number of aliphatic hydroxyl groups is 1. The fourth-order valence-electron chi connectivity index (χ4n) is 1.02. The molecule has 1 aromatic rings. The van der Waals surface area contributed by atoms with Gasteiger partial charge in [0.1, 0.15) is 5.69 Å². The molecular weight excluding hydrogens is 214 g/mol. The van der Waals surface area contributed by atoms with Crippen LogP contribution in [0.2, 0.25) is 0 Å². The highest BCUT2D eigenvalue weighted by molar-refractivity contribution is 5.91. The molecule has 1 unspecified atom stereocenters. The minimum Gasteiger partial charge on any atom is -0.389 e. The van der Waals surface area contributed by atoms with Gasteiger partial charge in [-0.05, 0) is 0 Å². The van der Waals surface area contributed by atoms with Crippen molar-refractivity contribution in [2.45, 2.75) is 6.10 Å². The van der Waals surface area contributed by atoms with E-state index in [0.717, 1.165) is 6.20 Å². The Morgan fingerprint density at radius 1 is 1.75 bits per heavy atom. The molecule has 1 atom stereocenters. The number of nitrogens with one attached hydrogen (secondary N) is 2. The molecule has 0 spiro atoms. The molecule has 0 aliphatic heterocycles. The molecule has 0 aliphatic rings. The van der Waals surface area contributed by atoms with Crippen LogP contribution in [0, 0.1) is 0 Å². The predicted octanol–water partition coefficient (Wildman–Crippen LogP) is -1.49. The summed E-state index contributed by atoms with van der Waals surface area (Å²) in [6, 6.07) is 0. The van der Waals surface area contributed by atoms with Crippen molar-refractivity contribution in [2.75, 3.05) is 20.3 Å². The first-order chi connectivity index (χ1) is 7.63. The first-order valence-electron chi connectivity index (χ1n) is 4.63. The number of methoxy groups -OCH3 is 1. The Balaban J connectivity index is 2.46. The minimum absolute atomic E-state index is 0.0630. The maximum Gasteiger partial charge on any atom is 0.271 e. The number of ether oxygens (including phenoxy) is 1. The zero-order chi connectivity index (χ0) is 12.0. The fourth-order valence-corrected chi connectivity index (χ4v) is 1.02. The van der Waals surface area contributed by atoms with Gasteiger partial charge in [0.05, 0.1) is 18.9 Å². The third kappa shape index (κ3) is 3.79. The summed E-state index contributed by atoms with van der Waals surface area (Å²) in [6.07, 6.45) is 1.46. The van der Waals surface area contributed by atoms with Gasteiger partial charge in [-0.25, -0.2) is 4.98 Å². The summed E-state index contributed by atoms with van der Waals surface area (Å²) >= 11 is 0. The summed E-state index contributed by atoms with van der Waals surface area (Å²) in [5.74, 6) is -0.466. The van der Waals surface area contributed by atoms with Crippen molar-refractivity contribution in [1.82, 2.24) is 15.3 Å².